The predicted molar refractivity (Wildman–Crippen MR) is 125 cm³/mol. The van der Waals surface area contributed by atoms with Crippen LogP contribution in [0.1, 0.15) is 86.5 Å². The van der Waals surface area contributed by atoms with E-state index in [1.165, 1.54) is 25.7 Å². The molecule has 4 fully saturated rings. The Labute approximate surface area is 190 Å². The van der Waals surface area contributed by atoms with Gasteiger partial charge < -0.3 is 10.2 Å². The summed E-state index contributed by atoms with van der Waals surface area (Å²) < 4.78 is 0. The van der Waals surface area contributed by atoms with Gasteiger partial charge in [0.2, 0.25) is 0 Å². The lowest BCUT2D eigenvalue weighted by Crippen LogP contribution is -2.59. The lowest BCUT2D eigenvalue weighted by molar-refractivity contribution is -0.173. The molecule has 4 aliphatic rings. The number of hydrogen-bond acceptors (Lipinski definition) is 3. The molecule has 0 aromatic rings. The highest BCUT2D eigenvalue weighted by Crippen LogP contribution is 2.67. The zero-order valence-electron chi connectivity index (χ0n) is 20.7. The maximum atomic E-state index is 13.3. The molecule has 0 amide bonds. The fourth-order valence-electron chi connectivity index (χ4n) is 8.68. The van der Waals surface area contributed by atoms with E-state index in [0.717, 1.165) is 0 Å². The Morgan fingerprint density at radius 1 is 0.935 bits per heavy atom. The van der Waals surface area contributed by atoms with Crippen LogP contribution >= 0.6 is 0 Å². The van der Waals surface area contributed by atoms with E-state index in [-0.39, 0.29) is 11.3 Å². The molecule has 4 aliphatic carbocycles. The van der Waals surface area contributed by atoms with E-state index in [4.69, 9.17) is 0 Å². The van der Waals surface area contributed by atoms with Crippen LogP contribution in [0.3, 0.4) is 0 Å². The average molecular weight is 431 g/mol. The van der Waals surface area contributed by atoms with E-state index in [1.54, 1.807) is 0 Å². The highest BCUT2D eigenvalue weighted by Gasteiger charge is 2.63. The van der Waals surface area contributed by atoms with E-state index >= 15 is 0 Å². The Bertz CT molecular complexity index is 713. The molecule has 0 aliphatic heterocycles. The fraction of sp³-hybridized carbons (Fsp3) is 0.893. The van der Waals surface area contributed by atoms with E-state index in [0.29, 0.717) is 71.9 Å². The zero-order chi connectivity index (χ0) is 22.7. The monoisotopic (exact) mass is 430 g/mol. The van der Waals surface area contributed by atoms with Gasteiger partial charge in [-0.3, -0.25) is 4.79 Å². The Balaban J connectivity index is 1.55. The van der Waals surface area contributed by atoms with Crippen LogP contribution in [0.15, 0.2) is 12.2 Å². The van der Waals surface area contributed by atoms with Crippen molar-refractivity contribution in [2.45, 2.75) is 98.7 Å². The predicted octanol–water partition coefficient (Wildman–Crippen LogP) is 5.64. The number of hydrogen-bond donors (Lipinski definition) is 2. The first-order chi connectivity index (χ1) is 14.5. The van der Waals surface area contributed by atoms with Crippen molar-refractivity contribution in [3.8, 4) is 0 Å². The van der Waals surface area contributed by atoms with E-state index in [1.807, 2.05) is 0 Å². The first-order valence-corrected chi connectivity index (χ1v) is 13.1. The van der Waals surface area contributed by atoms with Crippen LogP contribution in [-0.4, -0.2) is 28.2 Å². The van der Waals surface area contributed by atoms with E-state index in [2.05, 4.69) is 53.7 Å². The van der Waals surface area contributed by atoms with Crippen molar-refractivity contribution >= 4 is 5.78 Å². The first kappa shape index (κ1) is 23.5. The van der Waals surface area contributed by atoms with E-state index in [9.17, 15) is 15.0 Å². The molecule has 0 heterocycles. The van der Waals surface area contributed by atoms with Gasteiger partial charge in [-0.15, -0.1) is 0 Å². The maximum absolute atomic E-state index is 13.3. The molecule has 0 aromatic carbocycles. The number of fused-ring (bicyclic) bond motifs is 5. The third kappa shape index (κ3) is 3.76. The van der Waals surface area contributed by atoms with Crippen LogP contribution in [-0.2, 0) is 4.79 Å². The summed E-state index contributed by atoms with van der Waals surface area (Å²) in [4.78, 5) is 13.3. The number of ketones is 1. The molecule has 4 saturated carbocycles. The Morgan fingerprint density at radius 2 is 1.61 bits per heavy atom. The lowest BCUT2D eigenvalue weighted by Gasteiger charge is -2.60. The van der Waals surface area contributed by atoms with Crippen LogP contribution in [0.2, 0.25) is 0 Å². The van der Waals surface area contributed by atoms with Gasteiger partial charge in [-0.1, -0.05) is 53.7 Å². The van der Waals surface area contributed by atoms with Crippen molar-refractivity contribution < 1.29 is 15.0 Å². The van der Waals surface area contributed by atoms with Crippen molar-refractivity contribution in [1.82, 2.24) is 0 Å². The summed E-state index contributed by atoms with van der Waals surface area (Å²) in [6.07, 6.45) is 10.2. The van der Waals surface area contributed by atoms with Gasteiger partial charge in [-0.25, -0.2) is 0 Å². The molecule has 11 atom stereocenters. The molecule has 2 N–H and O–H groups in total. The third-order valence-corrected chi connectivity index (χ3v) is 11.0. The van der Waals surface area contributed by atoms with Crippen LogP contribution in [0.5, 0.6) is 0 Å². The van der Waals surface area contributed by atoms with Gasteiger partial charge in [-0.2, -0.15) is 0 Å². The molecule has 4 rings (SSSR count). The number of Topliss-reactive ketones (excluding diaryl/α,β-unsaturated/α-hetero) is 1. The molecule has 0 aromatic heterocycles. The van der Waals surface area contributed by atoms with Gasteiger partial charge in [0.05, 0.1) is 12.2 Å². The molecule has 0 spiro atoms. The largest absolute Gasteiger partial charge is 0.390 e. The first-order valence-electron chi connectivity index (χ1n) is 13.1. The topological polar surface area (TPSA) is 57.5 Å². The fourth-order valence-corrected chi connectivity index (χ4v) is 8.68. The molecule has 0 radical (unpaired) electrons. The summed E-state index contributed by atoms with van der Waals surface area (Å²) in [5.74, 6) is 4.48. The minimum atomic E-state index is -0.732. The van der Waals surface area contributed by atoms with Gasteiger partial charge >= 0.3 is 0 Å². The smallest absolute Gasteiger partial charge is 0.136 e. The minimum absolute atomic E-state index is 0.0620. The van der Waals surface area contributed by atoms with Gasteiger partial charge in [0.25, 0.3) is 0 Å². The summed E-state index contributed by atoms with van der Waals surface area (Å²) in [7, 11) is 0. The van der Waals surface area contributed by atoms with Gasteiger partial charge in [0.1, 0.15) is 5.78 Å². The van der Waals surface area contributed by atoms with Gasteiger partial charge in [0.15, 0.2) is 0 Å². The SMILES string of the molecule is CC(C)C(C)/C=C/[C@@H](C)[C@H]1CC[C@H]2[C@@H]3CC(=O)[C@H]4C[C@H](O)[C@H](O)C[C@]4(C)[C@H]3CC[C@]12C. The molecule has 3 nitrogen and oxygen atoms in total. The number of rotatable bonds is 4. The van der Waals surface area contributed by atoms with Crippen LogP contribution in [0.4, 0.5) is 0 Å². The number of aliphatic hydroxyl groups is 2. The number of allylic oxidation sites excluding steroid dienone is 2. The molecular weight excluding hydrogens is 384 g/mol. The number of aliphatic hydroxyl groups excluding tert-OH is 2. The Morgan fingerprint density at radius 3 is 2.29 bits per heavy atom. The lowest BCUT2D eigenvalue weighted by atomic mass is 9.44. The second kappa shape index (κ2) is 8.28. The quantitative estimate of drug-likeness (QED) is 0.567. The Hall–Kier alpha value is -0.670. The highest BCUT2D eigenvalue weighted by atomic mass is 16.3. The molecule has 0 bridgehead atoms. The molecule has 3 heteroatoms. The van der Waals surface area contributed by atoms with Crippen molar-refractivity contribution in [3.05, 3.63) is 12.2 Å². The van der Waals surface area contributed by atoms with Gasteiger partial charge in [-0.05, 0) is 90.8 Å². The second-order valence-electron chi connectivity index (χ2n) is 12.8. The van der Waals surface area contributed by atoms with Crippen molar-refractivity contribution in [2.24, 2.45) is 58.2 Å². The van der Waals surface area contributed by atoms with Crippen LogP contribution in [0.25, 0.3) is 0 Å². The van der Waals surface area contributed by atoms with Crippen molar-refractivity contribution in [2.75, 3.05) is 0 Å². The summed E-state index contributed by atoms with van der Waals surface area (Å²) in [6, 6.07) is 0. The zero-order valence-corrected chi connectivity index (χ0v) is 20.7. The molecule has 176 valence electrons. The normalized spacial score (nSPS) is 49.6. The molecular formula is C28H46O3. The van der Waals surface area contributed by atoms with E-state index < -0.39 is 12.2 Å². The standard InChI is InChI=1S/C28H46O3/c1-16(2)17(3)7-8-18(4)20-9-10-21-19-13-24(29)23-14-25(30)26(31)15-28(23,6)22(19)11-12-27(20,21)5/h7-8,16-23,25-26,30-31H,9-15H2,1-6H3/b8-7+/t17?,18-,19+,20-,21+,22+,23-,25+,26-,27-,28-/m1/s1. The summed E-state index contributed by atoms with van der Waals surface area (Å²) in [5, 5.41) is 20.7. The van der Waals surface area contributed by atoms with Crippen molar-refractivity contribution in [3.63, 3.8) is 0 Å². The molecule has 0 saturated heterocycles. The maximum Gasteiger partial charge on any atom is 0.136 e. The summed E-state index contributed by atoms with van der Waals surface area (Å²) >= 11 is 0. The van der Waals surface area contributed by atoms with Crippen LogP contribution < -0.4 is 0 Å². The number of carbonyl (C=O) groups is 1. The molecule has 1 unspecified atom stereocenters. The average Bonchev–Trinajstić information content (AvgIpc) is 3.05. The third-order valence-electron chi connectivity index (χ3n) is 11.0. The Kier molecular flexibility index (Phi) is 6.27. The minimum Gasteiger partial charge on any atom is -0.390 e. The van der Waals surface area contributed by atoms with Gasteiger partial charge in [0, 0.05) is 12.3 Å². The highest BCUT2D eigenvalue weighted by molar-refractivity contribution is 5.83. The van der Waals surface area contributed by atoms with Crippen LogP contribution in [0, 0.1) is 58.2 Å². The summed E-state index contributed by atoms with van der Waals surface area (Å²) in [5.41, 5.74) is 0.179. The summed E-state index contributed by atoms with van der Waals surface area (Å²) in [6.45, 7) is 14.1. The second-order valence-corrected chi connectivity index (χ2v) is 12.8. The molecule has 31 heavy (non-hydrogen) atoms. The number of carbonyl (C=O) groups excluding carboxylic acids is 1. The van der Waals surface area contributed by atoms with Crippen molar-refractivity contribution in [1.29, 1.82) is 0 Å².